The molecule has 0 amide bonds. The largest absolute Gasteiger partial charge is 0.478 e. The first-order chi connectivity index (χ1) is 15.4. The van der Waals surface area contributed by atoms with Crippen LogP contribution in [0.15, 0.2) is 78.4 Å². The second kappa shape index (κ2) is 9.11. The highest BCUT2D eigenvalue weighted by atomic mass is 32.1. The smallest absolute Gasteiger partial charge is 0.336 e. The molecule has 0 saturated carbocycles. The normalized spacial score (nSPS) is 11.8. The molecule has 0 saturated heterocycles. The number of hydrogen-bond acceptors (Lipinski definition) is 6. The van der Waals surface area contributed by atoms with Crippen LogP contribution in [0.1, 0.15) is 21.5 Å². The number of fused-ring (bicyclic) bond motifs is 1. The minimum absolute atomic E-state index is 0.0227. The maximum atomic E-state index is 13.5. The molecule has 0 atom stereocenters. The number of aliphatic carboxylic acids is 1. The Bertz CT molecular complexity index is 1310. The molecule has 1 aromatic heterocycles. The molecule has 0 aliphatic heterocycles. The van der Waals surface area contributed by atoms with Crippen molar-refractivity contribution in [2.45, 2.75) is 6.42 Å². The number of carbonyl (C=O) groups excluding carboxylic acids is 1. The molecule has 160 valence electrons. The van der Waals surface area contributed by atoms with Crippen LogP contribution in [0.4, 0.5) is 5.69 Å². The number of benzene rings is 3. The third-order valence-electron chi connectivity index (χ3n) is 5.20. The second-order valence-electron chi connectivity index (χ2n) is 7.56. The molecule has 4 rings (SSSR count). The third kappa shape index (κ3) is 4.43. The molecule has 1 N–H and O–H groups in total. The number of Topliss-reactive ketones (excluding diaryl/α,β-unsaturated/α-hetero) is 1. The van der Waals surface area contributed by atoms with Crippen molar-refractivity contribution >= 4 is 45.8 Å². The summed E-state index contributed by atoms with van der Waals surface area (Å²) in [4.78, 5) is 27.9. The van der Waals surface area contributed by atoms with Crippen LogP contribution in [0.2, 0.25) is 0 Å². The summed E-state index contributed by atoms with van der Waals surface area (Å²) < 4.78 is 8.40. The van der Waals surface area contributed by atoms with E-state index in [1.165, 1.54) is 0 Å². The average molecular weight is 444 g/mol. The summed E-state index contributed by atoms with van der Waals surface area (Å²) in [5.74, 6) is -1.46. The van der Waals surface area contributed by atoms with Crippen molar-refractivity contribution < 1.29 is 14.7 Å². The first-order valence-electron chi connectivity index (χ1n) is 9.99. The number of nitrogens with zero attached hydrogens (tertiary/aromatic N) is 3. The summed E-state index contributed by atoms with van der Waals surface area (Å²) >= 11 is 1.07. The van der Waals surface area contributed by atoms with Crippen molar-refractivity contribution in [3.63, 3.8) is 0 Å². The summed E-state index contributed by atoms with van der Waals surface area (Å²) in [6.07, 6.45) is 0.191. The lowest BCUT2D eigenvalue weighted by atomic mass is 9.89. The van der Waals surface area contributed by atoms with Gasteiger partial charge in [0.15, 0.2) is 5.78 Å². The molecular weight excluding hydrogens is 422 g/mol. The Morgan fingerprint density at radius 3 is 2.22 bits per heavy atom. The number of allylic oxidation sites excluding steroid dienone is 1. The number of carboxylic acids is 1. The van der Waals surface area contributed by atoms with Crippen LogP contribution < -0.4 is 4.90 Å². The second-order valence-corrected chi connectivity index (χ2v) is 8.09. The topological polar surface area (TPSA) is 83.4 Å². The van der Waals surface area contributed by atoms with Gasteiger partial charge in [0.25, 0.3) is 0 Å². The minimum Gasteiger partial charge on any atom is -0.478 e. The summed E-state index contributed by atoms with van der Waals surface area (Å²) in [6.45, 7) is 0. The van der Waals surface area contributed by atoms with E-state index in [0.717, 1.165) is 23.0 Å². The fourth-order valence-electron chi connectivity index (χ4n) is 3.53. The molecule has 6 nitrogen and oxygen atoms in total. The number of aromatic nitrogens is 2. The van der Waals surface area contributed by atoms with Gasteiger partial charge in [-0.1, -0.05) is 48.5 Å². The highest BCUT2D eigenvalue weighted by molar-refractivity contribution is 7.00. The lowest BCUT2D eigenvalue weighted by Gasteiger charge is -2.15. The molecule has 0 bridgehead atoms. The zero-order chi connectivity index (χ0) is 22.7. The van der Waals surface area contributed by atoms with Gasteiger partial charge in [-0.15, -0.1) is 0 Å². The third-order valence-corrected chi connectivity index (χ3v) is 5.76. The van der Waals surface area contributed by atoms with E-state index in [1.54, 1.807) is 42.5 Å². The van der Waals surface area contributed by atoms with Crippen LogP contribution in [-0.2, 0) is 11.2 Å². The minimum atomic E-state index is -1.16. The summed E-state index contributed by atoms with van der Waals surface area (Å²) in [6, 6.07) is 21.6. The summed E-state index contributed by atoms with van der Waals surface area (Å²) in [5, 5.41) is 10.2. The number of rotatable bonds is 7. The van der Waals surface area contributed by atoms with E-state index in [0.29, 0.717) is 22.2 Å². The average Bonchev–Trinajstić information content (AvgIpc) is 3.27. The van der Waals surface area contributed by atoms with Gasteiger partial charge >= 0.3 is 5.97 Å². The van der Waals surface area contributed by atoms with Crippen LogP contribution in [-0.4, -0.2) is 39.7 Å². The molecule has 0 spiro atoms. The molecule has 32 heavy (non-hydrogen) atoms. The van der Waals surface area contributed by atoms with Crippen molar-refractivity contribution in [1.82, 2.24) is 8.75 Å². The predicted molar refractivity (Wildman–Crippen MR) is 127 cm³/mol. The molecule has 0 aliphatic carbocycles. The molecule has 0 aliphatic rings. The van der Waals surface area contributed by atoms with Gasteiger partial charge in [0, 0.05) is 37.3 Å². The van der Waals surface area contributed by atoms with E-state index >= 15 is 0 Å². The van der Waals surface area contributed by atoms with E-state index in [-0.39, 0.29) is 23.4 Å². The standard InChI is InChI=1S/C25H21N3O3S/c1-28(2)19-11-8-16(9-12-19)14-20(24(29)17-6-4-3-5-7-17)23(25(30)31)18-10-13-21-22(15-18)27-32-26-21/h3-13,15H,14H2,1-2H3,(H,30,31). The van der Waals surface area contributed by atoms with Gasteiger partial charge in [-0.05, 0) is 35.4 Å². The van der Waals surface area contributed by atoms with Crippen LogP contribution in [0, 0.1) is 0 Å². The van der Waals surface area contributed by atoms with Crippen molar-refractivity contribution in [3.05, 3.63) is 95.1 Å². The molecule has 4 aromatic rings. The molecule has 7 heteroatoms. The van der Waals surface area contributed by atoms with Gasteiger partial charge < -0.3 is 10.0 Å². The maximum absolute atomic E-state index is 13.5. The van der Waals surface area contributed by atoms with Gasteiger partial charge in [-0.25, -0.2) is 4.79 Å². The Kier molecular flexibility index (Phi) is 6.09. The van der Waals surface area contributed by atoms with Gasteiger partial charge in [0.05, 0.1) is 17.3 Å². The molecule has 1 heterocycles. The molecule has 0 fully saturated rings. The molecular formula is C25H21N3O3S. The first-order valence-corrected chi connectivity index (χ1v) is 10.7. The number of ketones is 1. The van der Waals surface area contributed by atoms with Crippen molar-refractivity contribution in [2.24, 2.45) is 0 Å². The zero-order valence-corrected chi connectivity index (χ0v) is 18.5. The molecule has 0 unspecified atom stereocenters. The van der Waals surface area contributed by atoms with Crippen molar-refractivity contribution in [3.8, 4) is 0 Å². The van der Waals surface area contributed by atoms with Gasteiger partial charge in [-0.3, -0.25) is 4.79 Å². The van der Waals surface area contributed by atoms with Crippen LogP contribution in [0.25, 0.3) is 16.6 Å². The van der Waals surface area contributed by atoms with Crippen molar-refractivity contribution in [1.29, 1.82) is 0 Å². The van der Waals surface area contributed by atoms with E-state index in [4.69, 9.17) is 0 Å². The summed E-state index contributed by atoms with van der Waals surface area (Å²) in [7, 11) is 3.90. The van der Waals surface area contributed by atoms with Crippen molar-refractivity contribution in [2.75, 3.05) is 19.0 Å². The van der Waals surface area contributed by atoms with Crippen LogP contribution in [0.3, 0.4) is 0 Å². The SMILES string of the molecule is CN(C)c1ccc(CC(C(=O)c2ccccc2)=C(C(=O)O)c2ccc3nsnc3c2)cc1. The molecule has 3 aromatic carbocycles. The monoisotopic (exact) mass is 443 g/mol. The molecule has 0 radical (unpaired) electrons. The Morgan fingerprint density at radius 1 is 0.875 bits per heavy atom. The lowest BCUT2D eigenvalue weighted by molar-refractivity contribution is -0.130. The Balaban J connectivity index is 1.87. The highest BCUT2D eigenvalue weighted by Crippen LogP contribution is 2.28. The fraction of sp³-hybridized carbons (Fsp3) is 0.120. The van der Waals surface area contributed by atoms with Gasteiger partial charge in [0.1, 0.15) is 11.0 Å². The fourth-order valence-corrected chi connectivity index (χ4v) is 4.04. The maximum Gasteiger partial charge on any atom is 0.336 e. The number of carbonyl (C=O) groups is 2. The van der Waals surface area contributed by atoms with Gasteiger partial charge in [-0.2, -0.15) is 8.75 Å². The summed E-state index contributed by atoms with van der Waals surface area (Å²) in [5.41, 5.74) is 4.25. The Labute approximate surface area is 189 Å². The zero-order valence-electron chi connectivity index (χ0n) is 17.6. The number of anilines is 1. The van der Waals surface area contributed by atoms with E-state index in [2.05, 4.69) is 8.75 Å². The highest BCUT2D eigenvalue weighted by Gasteiger charge is 2.24. The van der Waals surface area contributed by atoms with Crippen LogP contribution >= 0.6 is 11.7 Å². The van der Waals surface area contributed by atoms with E-state index < -0.39 is 5.97 Å². The van der Waals surface area contributed by atoms with Crippen LogP contribution in [0.5, 0.6) is 0 Å². The Morgan fingerprint density at radius 2 is 1.56 bits per heavy atom. The van der Waals surface area contributed by atoms with Gasteiger partial charge in [0.2, 0.25) is 0 Å². The first kappa shape index (κ1) is 21.4. The quantitative estimate of drug-likeness (QED) is 0.329. The predicted octanol–water partition coefficient (Wildman–Crippen LogP) is 4.72. The number of hydrogen-bond donors (Lipinski definition) is 1. The van der Waals surface area contributed by atoms with E-state index in [9.17, 15) is 14.7 Å². The Hall–Kier alpha value is -3.84. The van der Waals surface area contributed by atoms with E-state index in [1.807, 2.05) is 49.3 Å². The lowest BCUT2D eigenvalue weighted by Crippen LogP contribution is -2.14. The number of carboxylic acid groups (broad SMARTS) is 1.